The predicted molar refractivity (Wildman–Crippen MR) is 77.0 cm³/mol. The van der Waals surface area contributed by atoms with Crippen molar-refractivity contribution in [3.05, 3.63) is 48.0 Å². The van der Waals surface area contributed by atoms with Gasteiger partial charge in [-0.05, 0) is 23.8 Å². The lowest BCUT2D eigenvalue weighted by molar-refractivity contribution is 0.0996. The van der Waals surface area contributed by atoms with Crippen LogP contribution in [0.5, 0.6) is 0 Å². The van der Waals surface area contributed by atoms with E-state index in [1.54, 1.807) is 0 Å². The Morgan fingerprint density at radius 1 is 1.12 bits per heavy atom. The molecule has 16 heavy (non-hydrogen) atoms. The third-order valence-corrected chi connectivity index (χ3v) is 2.81. The van der Waals surface area contributed by atoms with Crippen LogP contribution in [0.3, 0.4) is 0 Å². The molecule has 2 aromatic carbocycles. The van der Waals surface area contributed by atoms with Crippen molar-refractivity contribution in [2.45, 2.75) is 11.8 Å². The molecule has 84 valence electrons. The molecule has 0 aliphatic heterocycles. The predicted octanol–water partition coefficient (Wildman–Crippen LogP) is 4.38. The number of hydrogen-bond acceptors (Lipinski definition) is 1. The summed E-state index contributed by atoms with van der Waals surface area (Å²) < 4.78 is 0. The second kappa shape index (κ2) is 5.60. The molecule has 0 radical (unpaired) electrons. The SMILES string of the molecule is Br.CC(Br)C(=O)c1ccc2ccccc2c1. The van der Waals surface area contributed by atoms with Crippen molar-refractivity contribution in [3.63, 3.8) is 0 Å². The van der Waals surface area contributed by atoms with Crippen LogP contribution in [0.25, 0.3) is 10.8 Å². The van der Waals surface area contributed by atoms with E-state index in [9.17, 15) is 4.79 Å². The first kappa shape index (κ1) is 13.4. The van der Waals surface area contributed by atoms with Gasteiger partial charge in [0.05, 0.1) is 4.83 Å². The van der Waals surface area contributed by atoms with Crippen molar-refractivity contribution >= 4 is 49.5 Å². The molecule has 0 fully saturated rings. The Morgan fingerprint density at radius 3 is 2.38 bits per heavy atom. The van der Waals surface area contributed by atoms with Crippen molar-refractivity contribution in [1.29, 1.82) is 0 Å². The van der Waals surface area contributed by atoms with E-state index in [1.165, 1.54) is 0 Å². The summed E-state index contributed by atoms with van der Waals surface area (Å²) in [5.74, 6) is 0.126. The minimum atomic E-state index is -0.126. The maximum atomic E-state index is 11.7. The molecular formula is C13H12Br2O. The summed E-state index contributed by atoms with van der Waals surface area (Å²) in [4.78, 5) is 11.6. The van der Waals surface area contributed by atoms with Gasteiger partial charge in [0.25, 0.3) is 0 Å². The van der Waals surface area contributed by atoms with E-state index in [4.69, 9.17) is 0 Å². The van der Waals surface area contributed by atoms with Crippen LogP contribution < -0.4 is 0 Å². The van der Waals surface area contributed by atoms with Gasteiger partial charge >= 0.3 is 0 Å². The molecule has 0 saturated carbocycles. The standard InChI is InChI=1S/C13H11BrO.BrH/c1-9(14)13(15)12-7-6-10-4-2-3-5-11(10)8-12;/h2-9H,1H3;1H. The lowest BCUT2D eigenvalue weighted by Crippen LogP contribution is -2.09. The molecule has 2 aromatic rings. The van der Waals surface area contributed by atoms with Gasteiger partial charge < -0.3 is 0 Å². The Hall–Kier alpha value is -0.670. The van der Waals surface area contributed by atoms with E-state index in [0.29, 0.717) is 0 Å². The summed E-state index contributed by atoms with van der Waals surface area (Å²) in [6.45, 7) is 1.84. The summed E-state index contributed by atoms with van der Waals surface area (Å²) in [6.07, 6.45) is 0. The highest BCUT2D eigenvalue weighted by Crippen LogP contribution is 2.18. The van der Waals surface area contributed by atoms with Crippen LogP contribution in [-0.4, -0.2) is 10.6 Å². The van der Waals surface area contributed by atoms with Crippen LogP contribution >= 0.6 is 32.9 Å². The number of alkyl halides is 1. The quantitative estimate of drug-likeness (QED) is 0.584. The molecule has 1 atom stereocenters. The Balaban J connectivity index is 0.00000128. The molecule has 1 unspecified atom stereocenters. The van der Waals surface area contributed by atoms with Gasteiger partial charge in [-0.1, -0.05) is 52.3 Å². The average molecular weight is 344 g/mol. The molecular weight excluding hydrogens is 332 g/mol. The van der Waals surface area contributed by atoms with Gasteiger partial charge in [-0.2, -0.15) is 0 Å². The van der Waals surface area contributed by atoms with E-state index in [0.717, 1.165) is 16.3 Å². The third kappa shape index (κ3) is 2.71. The van der Waals surface area contributed by atoms with Crippen LogP contribution in [-0.2, 0) is 0 Å². The van der Waals surface area contributed by atoms with E-state index in [-0.39, 0.29) is 27.6 Å². The van der Waals surface area contributed by atoms with E-state index in [2.05, 4.69) is 15.9 Å². The zero-order valence-electron chi connectivity index (χ0n) is 8.81. The molecule has 1 nitrogen and oxygen atoms in total. The minimum absolute atomic E-state index is 0. The lowest BCUT2D eigenvalue weighted by atomic mass is 10.0. The number of rotatable bonds is 2. The first-order chi connectivity index (χ1) is 7.18. The minimum Gasteiger partial charge on any atom is -0.293 e. The first-order valence-electron chi connectivity index (χ1n) is 4.85. The summed E-state index contributed by atoms with van der Waals surface area (Å²) in [6, 6.07) is 13.8. The normalized spacial score (nSPS) is 11.9. The van der Waals surface area contributed by atoms with Gasteiger partial charge in [0, 0.05) is 5.56 Å². The van der Waals surface area contributed by atoms with Gasteiger partial charge in [-0.15, -0.1) is 17.0 Å². The Morgan fingerprint density at radius 2 is 1.75 bits per heavy atom. The van der Waals surface area contributed by atoms with Crippen molar-refractivity contribution in [3.8, 4) is 0 Å². The summed E-state index contributed by atoms with van der Waals surface area (Å²) in [5, 5.41) is 2.27. The average Bonchev–Trinajstić information content (AvgIpc) is 2.27. The number of hydrogen-bond donors (Lipinski definition) is 0. The maximum Gasteiger partial charge on any atom is 0.176 e. The number of halogens is 2. The number of carbonyl (C=O) groups excluding carboxylic acids is 1. The molecule has 0 N–H and O–H groups in total. The molecule has 0 aliphatic carbocycles. The fraction of sp³-hybridized carbons (Fsp3) is 0.154. The molecule has 0 aliphatic rings. The molecule has 0 aromatic heterocycles. The fourth-order valence-electron chi connectivity index (χ4n) is 1.57. The first-order valence-corrected chi connectivity index (χ1v) is 5.77. The summed E-state index contributed by atoms with van der Waals surface area (Å²) in [5.41, 5.74) is 0.762. The van der Waals surface area contributed by atoms with Crippen molar-refractivity contribution in [2.24, 2.45) is 0 Å². The van der Waals surface area contributed by atoms with E-state index < -0.39 is 0 Å². The molecule has 0 amide bonds. The number of ketones is 1. The maximum absolute atomic E-state index is 11.7. The van der Waals surface area contributed by atoms with Crippen LogP contribution in [0.4, 0.5) is 0 Å². The fourth-order valence-corrected chi connectivity index (χ4v) is 1.84. The second-order valence-electron chi connectivity index (χ2n) is 3.54. The topological polar surface area (TPSA) is 17.1 Å². The lowest BCUT2D eigenvalue weighted by Gasteiger charge is -2.04. The zero-order chi connectivity index (χ0) is 10.8. The largest absolute Gasteiger partial charge is 0.293 e. The smallest absolute Gasteiger partial charge is 0.176 e. The molecule has 0 heterocycles. The molecule has 2 rings (SSSR count). The van der Waals surface area contributed by atoms with Gasteiger partial charge in [0.15, 0.2) is 5.78 Å². The van der Waals surface area contributed by atoms with Gasteiger partial charge in [-0.25, -0.2) is 0 Å². The Bertz CT molecular complexity index is 506. The summed E-state index contributed by atoms with van der Waals surface area (Å²) >= 11 is 3.29. The number of benzene rings is 2. The summed E-state index contributed by atoms with van der Waals surface area (Å²) in [7, 11) is 0. The number of Topliss-reactive ketones (excluding diaryl/α,β-unsaturated/α-hetero) is 1. The van der Waals surface area contributed by atoms with E-state index >= 15 is 0 Å². The van der Waals surface area contributed by atoms with Gasteiger partial charge in [0.2, 0.25) is 0 Å². The highest BCUT2D eigenvalue weighted by molar-refractivity contribution is 9.10. The molecule has 3 heteroatoms. The van der Waals surface area contributed by atoms with Crippen LogP contribution in [0.15, 0.2) is 42.5 Å². The van der Waals surface area contributed by atoms with Crippen LogP contribution in [0.1, 0.15) is 17.3 Å². The van der Waals surface area contributed by atoms with Crippen LogP contribution in [0, 0.1) is 0 Å². The van der Waals surface area contributed by atoms with Gasteiger partial charge in [0.1, 0.15) is 0 Å². The molecule has 0 bridgehead atoms. The number of fused-ring (bicyclic) bond motifs is 1. The molecule has 0 spiro atoms. The third-order valence-electron chi connectivity index (χ3n) is 2.40. The van der Waals surface area contributed by atoms with Gasteiger partial charge in [-0.3, -0.25) is 4.79 Å². The Labute approximate surface area is 114 Å². The highest BCUT2D eigenvalue weighted by Gasteiger charge is 2.11. The van der Waals surface area contributed by atoms with Crippen molar-refractivity contribution < 1.29 is 4.79 Å². The monoisotopic (exact) mass is 342 g/mol. The van der Waals surface area contributed by atoms with E-state index in [1.807, 2.05) is 49.4 Å². The van der Waals surface area contributed by atoms with Crippen LogP contribution in [0.2, 0.25) is 0 Å². The van der Waals surface area contributed by atoms with Crippen molar-refractivity contribution in [2.75, 3.05) is 0 Å². The number of carbonyl (C=O) groups is 1. The zero-order valence-corrected chi connectivity index (χ0v) is 12.1. The molecule has 0 saturated heterocycles. The highest BCUT2D eigenvalue weighted by atomic mass is 79.9. The second-order valence-corrected chi connectivity index (χ2v) is 4.92. The van der Waals surface area contributed by atoms with Crippen molar-refractivity contribution in [1.82, 2.24) is 0 Å². The Kier molecular flexibility index (Phi) is 4.69.